The second-order valence-electron chi connectivity index (χ2n) is 10.2. The number of aromatic nitrogens is 8. The molecule has 0 aliphatic rings. The zero-order valence-corrected chi connectivity index (χ0v) is 27.4. The van der Waals surface area contributed by atoms with Crippen molar-refractivity contribution in [3.8, 4) is 45.0 Å². The number of carbonyl (C=O) groups is 1. The lowest BCUT2D eigenvalue weighted by atomic mass is 9.91. The summed E-state index contributed by atoms with van der Waals surface area (Å²) in [5, 5.41) is 9.55. The smallest absolute Gasteiger partial charge is 0.201 e. The molecule has 0 spiro atoms. The Labute approximate surface area is 283 Å². The first-order valence-electron chi connectivity index (χ1n) is 13.7. The SMILES string of the molecule is Cn1nc(-c2c(Cl)ncnc2Cl)c(C(=O)c2c(-c3c(Cl)ncnc3Cl)nn(C)c2-c2ccc(CN)cc2)c1-c1ccc(CN)cc1. The molecule has 2 aromatic carbocycles. The third kappa shape index (κ3) is 5.55. The summed E-state index contributed by atoms with van der Waals surface area (Å²) < 4.78 is 3.16. The van der Waals surface area contributed by atoms with Crippen LogP contribution in [0.15, 0.2) is 61.2 Å². The summed E-state index contributed by atoms with van der Waals surface area (Å²) in [6.45, 7) is 0.697. The molecule has 4 heterocycles. The lowest BCUT2D eigenvalue weighted by Gasteiger charge is -2.12. The van der Waals surface area contributed by atoms with Crippen LogP contribution in [0.5, 0.6) is 0 Å². The number of nitrogens with zero attached hydrogens (tertiary/aromatic N) is 8. The van der Waals surface area contributed by atoms with Gasteiger partial charge in [0.2, 0.25) is 5.78 Å². The van der Waals surface area contributed by atoms with Crippen molar-refractivity contribution in [2.45, 2.75) is 13.1 Å². The summed E-state index contributed by atoms with van der Waals surface area (Å²) in [6.07, 6.45) is 2.46. The minimum Gasteiger partial charge on any atom is -0.326 e. The van der Waals surface area contributed by atoms with Crippen molar-refractivity contribution in [1.29, 1.82) is 0 Å². The first kappa shape index (κ1) is 31.7. The lowest BCUT2D eigenvalue weighted by molar-refractivity contribution is 0.104. The van der Waals surface area contributed by atoms with E-state index >= 15 is 4.79 Å². The summed E-state index contributed by atoms with van der Waals surface area (Å²) in [4.78, 5) is 31.8. The number of hydrogen-bond donors (Lipinski definition) is 2. The Kier molecular flexibility index (Phi) is 8.88. The molecular weight excluding hydrogens is 670 g/mol. The standard InChI is InChI=1S/C31H24Cl4N10O/c1-44-25(17-7-3-15(11-36)4-8-17)19(23(42-44)21-28(32)38-13-39-29(21)33)27(46)20-24(22-30(34)40-14-41-31(22)35)43-45(2)26(20)18-9-5-16(12-37)6-10-18/h3-10,13-14H,11-12,36-37H2,1-2H3. The molecule has 0 fully saturated rings. The highest BCUT2D eigenvalue weighted by atomic mass is 35.5. The van der Waals surface area contributed by atoms with E-state index in [1.807, 2.05) is 48.5 Å². The normalized spacial score (nSPS) is 11.3. The maximum Gasteiger partial charge on any atom is 0.201 e. The minimum absolute atomic E-state index is 0.0173. The lowest BCUT2D eigenvalue weighted by Crippen LogP contribution is -2.09. The van der Waals surface area contributed by atoms with Gasteiger partial charge in [0.15, 0.2) is 0 Å². The van der Waals surface area contributed by atoms with E-state index in [0.29, 0.717) is 35.6 Å². The van der Waals surface area contributed by atoms with Crippen molar-refractivity contribution in [2.75, 3.05) is 0 Å². The molecule has 0 aliphatic heterocycles. The number of ketones is 1. The van der Waals surface area contributed by atoms with E-state index in [4.69, 9.17) is 68.1 Å². The van der Waals surface area contributed by atoms with Crippen molar-refractivity contribution in [2.24, 2.45) is 25.6 Å². The van der Waals surface area contributed by atoms with Gasteiger partial charge < -0.3 is 11.5 Å². The average Bonchev–Trinajstić information content (AvgIpc) is 3.56. The Morgan fingerprint density at radius 1 is 0.609 bits per heavy atom. The third-order valence-electron chi connectivity index (χ3n) is 7.46. The van der Waals surface area contributed by atoms with Gasteiger partial charge in [0.05, 0.1) is 33.6 Å². The topological polar surface area (TPSA) is 156 Å². The third-order valence-corrected chi connectivity index (χ3v) is 8.60. The van der Waals surface area contributed by atoms with Crippen LogP contribution in [0, 0.1) is 0 Å². The highest BCUT2D eigenvalue weighted by Gasteiger charge is 2.35. The second-order valence-corrected chi connectivity index (χ2v) is 11.6. The molecule has 0 bridgehead atoms. The summed E-state index contributed by atoms with van der Waals surface area (Å²) in [5.74, 6) is -0.478. The van der Waals surface area contributed by atoms with Crippen molar-refractivity contribution in [3.05, 3.63) is 104 Å². The fourth-order valence-corrected chi connectivity index (χ4v) is 6.28. The molecule has 0 aliphatic carbocycles. The van der Waals surface area contributed by atoms with Gasteiger partial charge in [0.1, 0.15) is 44.7 Å². The highest BCUT2D eigenvalue weighted by Crippen LogP contribution is 2.43. The van der Waals surface area contributed by atoms with Crippen LogP contribution < -0.4 is 11.5 Å². The monoisotopic (exact) mass is 692 g/mol. The minimum atomic E-state index is -0.478. The molecule has 6 aromatic rings. The Morgan fingerprint density at radius 3 is 1.24 bits per heavy atom. The van der Waals surface area contributed by atoms with Gasteiger partial charge in [-0.3, -0.25) is 14.2 Å². The van der Waals surface area contributed by atoms with Gasteiger partial charge in [-0.15, -0.1) is 0 Å². The fourth-order valence-electron chi connectivity index (χ4n) is 5.29. The number of aryl methyl sites for hydroxylation is 2. The highest BCUT2D eigenvalue weighted by molar-refractivity contribution is 6.39. The maximum absolute atomic E-state index is 15.3. The number of hydrogen-bond acceptors (Lipinski definition) is 9. The van der Waals surface area contributed by atoms with Crippen molar-refractivity contribution in [3.63, 3.8) is 0 Å². The quantitative estimate of drug-likeness (QED) is 0.141. The summed E-state index contributed by atoms with van der Waals surface area (Å²) in [7, 11) is 3.43. The maximum atomic E-state index is 15.3. The number of benzene rings is 2. The molecular formula is C31H24Cl4N10O. The van der Waals surface area contributed by atoms with Crippen LogP contribution in [0.25, 0.3) is 45.0 Å². The van der Waals surface area contributed by atoms with Crippen LogP contribution >= 0.6 is 46.4 Å². The van der Waals surface area contributed by atoms with Gasteiger partial charge in [0.25, 0.3) is 0 Å². The Balaban J connectivity index is 1.72. The van der Waals surface area contributed by atoms with E-state index < -0.39 is 5.78 Å². The van der Waals surface area contributed by atoms with Gasteiger partial charge >= 0.3 is 0 Å². The van der Waals surface area contributed by atoms with E-state index in [-0.39, 0.29) is 54.3 Å². The van der Waals surface area contributed by atoms with E-state index in [1.165, 1.54) is 12.7 Å². The van der Waals surface area contributed by atoms with Crippen molar-refractivity contribution < 1.29 is 4.79 Å². The van der Waals surface area contributed by atoms with Crippen LogP contribution in [0.3, 0.4) is 0 Å². The Morgan fingerprint density at radius 2 is 0.935 bits per heavy atom. The Bertz CT molecular complexity index is 1920. The van der Waals surface area contributed by atoms with Crippen LogP contribution in [0.2, 0.25) is 20.6 Å². The van der Waals surface area contributed by atoms with Crippen molar-refractivity contribution in [1.82, 2.24) is 39.5 Å². The molecule has 0 atom stereocenters. The van der Waals surface area contributed by atoms with E-state index in [9.17, 15) is 0 Å². The van der Waals surface area contributed by atoms with Gasteiger partial charge in [-0.05, 0) is 11.1 Å². The molecule has 46 heavy (non-hydrogen) atoms. The van der Waals surface area contributed by atoms with Crippen LogP contribution in [-0.4, -0.2) is 45.3 Å². The molecule has 6 rings (SSSR count). The van der Waals surface area contributed by atoms with E-state index in [0.717, 1.165) is 11.1 Å². The number of nitrogens with two attached hydrogens (primary N) is 2. The predicted molar refractivity (Wildman–Crippen MR) is 179 cm³/mol. The molecule has 0 saturated heterocycles. The van der Waals surface area contributed by atoms with Crippen LogP contribution in [0.1, 0.15) is 27.0 Å². The molecule has 11 nitrogen and oxygen atoms in total. The zero-order chi connectivity index (χ0) is 32.7. The summed E-state index contributed by atoms with van der Waals surface area (Å²) >= 11 is 26.3. The molecule has 232 valence electrons. The van der Waals surface area contributed by atoms with Crippen LogP contribution in [0.4, 0.5) is 0 Å². The zero-order valence-electron chi connectivity index (χ0n) is 24.3. The first-order valence-corrected chi connectivity index (χ1v) is 15.3. The molecule has 15 heteroatoms. The average molecular weight is 694 g/mol. The fraction of sp³-hybridized carbons (Fsp3) is 0.129. The number of rotatable bonds is 8. The molecule has 4 N–H and O–H groups in total. The van der Waals surface area contributed by atoms with E-state index in [1.54, 1.807) is 23.5 Å². The number of carbonyl (C=O) groups excluding carboxylic acids is 1. The predicted octanol–water partition coefficient (Wildman–Crippen LogP) is 6.16. The molecule has 4 aromatic heterocycles. The number of halogens is 4. The van der Waals surface area contributed by atoms with Gasteiger partial charge in [0, 0.05) is 38.3 Å². The summed E-state index contributed by atoms with van der Waals surface area (Å²) in [6, 6.07) is 15.0. The van der Waals surface area contributed by atoms with E-state index in [2.05, 4.69) is 19.9 Å². The molecule has 0 radical (unpaired) electrons. The van der Waals surface area contributed by atoms with Crippen LogP contribution in [-0.2, 0) is 27.2 Å². The first-order chi connectivity index (χ1) is 22.1. The van der Waals surface area contributed by atoms with Gasteiger partial charge in [-0.25, -0.2) is 19.9 Å². The Hall–Kier alpha value is -4.23. The van der Waals surface area contributed by atoms with Crippen molar-refractivity contribution >= 4 is 52.2 Å². The summed E-state index contributed by atoms with van der Waals surface area (Å²) in [5.41, 5.74) is 16.9. The molecule has 0 saturated carbocycles. The molecule has 0 amide bonds. The van der Waals surface area contributed by atoms with Gasteiger partial charge in [-0.2, -0.15) is 10.2 Å². The second kappa shape index (κ2) is 12.9. The molecule has 0 unspecified atom stereocenters. The largest absolute Gasteiger partial charge is 0.326 e. The van der Waals surface area contributed by atoms with Gasteiger partial charge in [-0.1, -0.05) is 94.9 Å².